The monoisotopic (exact) mass is 271 g/mol. The Morgan fingerprint density at radius 1 is 1.28 bits per heavy atom. The highest BCUT2D eigenvalue weighted by atomic mass is 32.2. The standard InChI is InChI=1S/C13H21NO3S/c1-3-4-7-17-8-9-18(15,16)13-6-5-11(2)10-12(13)14/h5-6,10H,3-4,7-9,14H2,1-2H3. The molecule has 4 nitrogen and oxygen atoms in total. The van der Waals surface area contributed by atoms with E-state index in [1.807, 2.05) is 6.92 Å². The van der Waals surface area contributed by atoms with Crippen LogP contribution < -0.4 is 5.73 Å². The third kappa shape index (κ3) is 4.31. The van der Waals surface area contributed by atoms with Gasteiger partial charge in [0.05, 0.1) is 22.9 Å². The second-order valence-corrected chi connectivity index (χ2v) is 6.40. The first-order chi connectivity index (χ1) is 8.47. The smallest absolute Gasteiger partial charge is 0.182 e. The van der Waals surface area contributed by atoms with Crippen LogP contribution >= 0.6 is 0 Å². The van der Waals surface area contributed by atoms with Crippen molar-refractivity contribution in [2.24, 2.45) is 0 Å². The molecule has 5 heteroatoms. The minimum atomic E-state index is -3.34. The molecule has 2 N–H and O–H groups in total. The van der Waals surface area contributed by atoms with Gasteiger partial charge in [0.2, 0.25) is 0 Å². The highest BCUT2D eigenvalue weighted by Gasteiger charge is 2.17. The molecule has 1 aromatic rings. The van der Waals surface area contributed by atoms with Gasteiger partial charge < -0.3 is 10.5 Å². The van der Waals surface area contributed by atoms with Crippen molar-refractivity contribution >= 4 is 15.5 Å². The molecule has 0 radical (unpaired) electrons. The second-order valence-electron chi connectivity index (χ2n) is 4.33. The van der Waals surface area contributed by atoms with Crippen LogP contribution in [0.2, 0.25) is 0 Å². The fraction of sp³-hybridized carbons (Fsp3) is 0.538. The number of anilines is 1. The van der Waals surface area contributed by atoms with Gasteiger partial charge in [-0.15, -0.1) is 0 Å². The van der Waals surface area contributed by atoms with Crippen molar-refractivity contribution < 1.29 is 13.2 Å². The van der Waals surface area contributed by atoms with Crippen LogP contribution in [0.4, 0.5) is 5.69 Å². The van der Waals surface area contributed by atoms with Gasteiger partial charge >= 0.3 is 0 Å². The van der Waals surface area contributed by atoms with Gasteiger partial charge in [-0.25, -0.2) is 8.42 Å². The Labute approximate surface area is 109 Å². The van der Waals surface area contributed by atoms with Crippen molar-refractivity contribution in [1.82, 2.24) is 0 Å². The average molecular weight is 271 g/mol. The van der Waals surface area contributed by atoms with Crippen LogP contribution in [-0.2, 0) is 14.6 Å². The molecular formula is C13H21NO3S. The Bertz CT molecular complexity index is 483. The van der Waals surface area contributed by atoms with E-state index in [-0.39, 0.29) is 17.3 Å². The summed E-state index contributed by atoms with van der Waals surface area (Å²) in [6.07, 6.45) is 1.99. The molecule has 0 aliphatic heterocycles. The number of hydrogen-bond acceptors (Lipinski definition) is 4. The highest BCUT2D eigenvalue weighted by molar-refractivity contribution is 7.91. The number of rotatable bonds is 7. The van der Waals surface area contributed by atoms with Gasteiger partial charge in [-0.1, -0.05) is 19.4 Å². The number of ether oxygens (including phenoxy) is 1. The van der Waals surface area contributed by atoms with Gasteiger partial charge in [0.1, 0.15) is 0 Å². The van der Waals surface area contributed by atoms with E-state index in [0.717, 1.165) is 18.4 Å². The Morgan fingerprint density at radius 2 is 2.00 bits per heavy atom. The third-order valence-corrected chi connectivity index (χ3v) is 4.39. The summed E-state index contributed by atoms with van der Waals surface area (Å²) in [5, 5.41) is 0. The minimum absolute atomic E-state index is 0.0238. The first-order valence-electron chi connectivity index (χ1n) is 6.14. The lowest BCUT2D eigenvalue weighted by molar-refractivity contribution is 0.146. The number of benzene rings is 1. The van der Waals surface area contributed by atoms with Crippen LogP contribution in [-0.4, -0.2) is 27.4 Å². The molecule has 0 bridgehead atoms. The van der Waals surface area contributed by atoms with E-state index in [1.54, 1.807) is 18.2 Å². The quantitative estimate of drug-likeness (QED) is 0.609. The summed E-state index contributed by atoms with van der Waals surface area (Å²) < 4.78 is 29.3. The largest absolute Gasteiger partial charge is 0.398 e. The Hall–Kier alpha value is -1.07. The van der Waals surface area contributed by atoms with E-state index in [4.69, 9.17) is 10.5 Å². The fourth-order valence-electron chi connectivity index (χ4n) is 1.58. The van der Waals surface area contributed by atoms with E-state index in [9.17, 15) is 8.42 Å². The molecule has 102 valence electrons. The molecular weight excluding hydrogens is 250 g/mol. The molecule has 0 spiro atoms. The highest BCUT2D eigenvalue weighted by Crippen LogP contribution is 2.20. The third-order valence-electron chi connectivity index (χ3n) is 2.64. The molecule has 0 fully saturated rings. The van der Waals surface area contributed by atoms with Gasteiger partial charge in [-0.3, -0.25) is 0 Å². The van der Waals surface area contributed by atoms with Crippen LogP contribution in [0.3, 0.4) is 0 Å². The van der Waals surface area contributed by atoms with Crippen molar-refractivity contribution in [3.05, 3.63) is 23.8 Å². The summed E-state index contributed by atoms with van der Waals surface area (Å²) in [5.74, 6) is -0.0238. The fourth-order valence-corrected chi connectivity index (χ4v) is 2.83. The van der Waals surface area contributed by atoms with Crippen molar-refractivity contribution in [2.45, 2.75) is 31.6 Å². The molecule has 0 aliphatic rings. The maximum atomic E-state index is 12.0. The summed E-state index contributed by atoms with van der Waals surface area (Å²) in [5.41, 5.74) is 7.00. The van der Waals surface area contributed by atoms with Crippen LogP contribution in [0.5, 0.6) is 0 Å². The summed E-state index contributed by atoms with van der Waals surface area (Å²) >= 11 is 0. The zero-order valence-corrected chi connectivity index (χ0v) is 11.8. The van der Waals surface area contributed by atoms with Gasteiger partial charge in [0.15, 0.2) is 9.84 Å². The number of nitrogens with two attached hydrogens (primary N) is 1. The molecule has 0 aromatic heterocycles. The number of unbranched alkanes of at least 4 members (excludes halogenated alkanes) is 1. The average Bonchev–Trinajstić information content (AvgIpc) is 2.28. The normalized spacial score (nSPS) is 11.7. The SMILES string of the molecule is CCCCOCCS(=O)(=O)c1ccc(C)cc1N. The van der Waals surface area contributed by atoms with E-state index in [1.165, 1.54) is 0 Å². The number of aryl methyl sites for hydroxylation is 1. The zero-order valence-electron chi connectivity index (χ0n) is 11.0. The topological polar surface area (TPSA) is 69.4 Å². The van der Waals surface area contributed by atoms with Crippen LogP contribution in [0.15, 0.2) is 23.1 Å². The van der Waals surface area contributed by atoms with E-state index in [0.29, 0.717) is 12.3 Å². The number of sulfone groups is 1. The van der Waals surface area contributed by atoms with Gasteiger partial charge in [-0.05, 0) is 31.0 Å². The van der Waals surface area contributed by atoms with Crippen molar-refractivity contribution in [3.8, 4) is 0 Å². The van der Waals surface area contributed by atoms with Gasteiger partial charge in [0, 0.05) is 6.61 Å². The van der Waals surface area contributed by atoms with Crippen LogP contribution in [0.25, 0.3) is 0 Å². The Morgan fingerprint density at radius 3 is 2.61 bits per heavy atom. The summed E-state index contributed by atoms with van der Waals surface area (Å²) in [6, 6.07) is 4.98. The summed E-state index contributed by atoms with van der Waals surface area (Å²) in [7, 11) is -3.34. The maximum absolute atomic E-state index is 12.0. The van der Waals surface area contributed by atoms with Gasteiger partial charge in [0.25, 0.3) is 0 Å². The second kappa shape index (κ2) is 6.75. The maximum Gasteiger partial charge on any atom is 0.182 e. The molecule has 18 heavy (non-hydrogen) atoms. The lowest BCUT2D eigenvalue weighted by Crippen LogP contribution is -2.14. The minimum Gasteiger partial charge on any atom is -0.398 e. The zero-order chi connectivity index (χ0) is 13.6. The first-order valence-corrected chi connectivity index (χ1v) is 7.79. The molecule has 0 unspecified atom stereocenters. The Balaban J connectivity index is 2.63. The van der Waals surface area contributed by atoms with Crippen LogP contribution in [0.1, 0.15) is 25.3 Å². The molecule has 0 atom stereocenters. The number of hydrogen-bond donors (Lipinski definition) is 1. The first kappa shape index (κ1) is 15.0. The van der Waals surface area contributed by atoms with E-state index < -0.39 is 9.84 Å². The van der Waals surface area contributed by atoms with Crippen molar-refractivity contribution in [3.63, 3.8) is 0 Å². The van der Waals surface area contributed by atoms with Gasteiger partial charge in [-0.2, -0.15) is 0 Å². The Kier molecular flexibility index (Phi) is 5.62. The summed E-state index contributed by atoms with van der Waals surface area (Å²) in [6.45, 7) is 4.76. The van der Waals surface area contributed by atoms with Crippen molar-refractivity contribution in [1.29, 1.82) is 0 Å². The lowest BCUT2D eigenvalue weighted by atomic mass is 10.2. The number of nitrogen functional groups attached to an aromatic ring is 1. The van der Waals surface area contributed by atoms with Crippen molar-refractivity contribution in [2.75, 3.05) is 24.7 Å². The predicted molar refractivity (Wildman–Crippen MR) is 73.4 cm³/mol. The predicted octanol–water partition coefficient (Wildman–Crippen LogP) is 2.17. The summed E-state index contributed by atoms with van der Waals surface area (Å²) in [4.78, 5) is 0.201. The molecule has 0 aliphatic carbocycles. The molecule has 0 amide bonds. The lowest BCUT2D eigenvalue weighted by Gasteiger charge is -2.08. The molecule has 0 saturated carbocycles. The van der Waals surface area contributed by atoms with Crippen LogP contribution in [0, 0.1) is 6.92 Å². The molecule has 0 heterocycles. The molecule has 1 rings (SSSR count). The molecule has 1 aromatic carbocycles. The van der Waals surface area contributed by atoms with E-state index >= 15 is 0 Å². The molecule has 0 saturated heterocycles. The van der Waals surface area contributed by atoms with E-state index in [2.05, 4.69) is 6.92 Å².